The lowest BCUT2D eigenvalue weighted by Gasteiger charge is -2.13. The molecule has 0 amide bonds. The number of H-pyrrole nitrogens is 1. The van der Waals surface area contributed by atoms with E-state index in [4.69, 9.17) is 0 Å². The smallest absolute Gasteiger partial charge is 0.184 e. The molecule has 134 valence electrons. The summed E-state index contributed by atoms with van der Waals surface area (Å²) in [7, 11) is 0. The summed E-state index contributed by atoms with van der Waals surface area (Å²) in [6, 6.07) is 3.36. The van der Waals surface area contributed by atoms with Crippen LogP contribution in [0, 0.1) is 11.2 Å². The number of anilines is 1. The second-order valence-corrected chi connectivity index (χ2v) is 8.08. The zero-order valence-electron chi connectivity index (χ0n) is 14.9. The van der Waals surface area contributed by atoms with Crippen molar-refractivity contribution in [1.29, 1.82) is 0 Å². The molecule has 1 aromatic heterocycles. The molecule has 1 saturated carbocycles. The van der Waals surface area contributed by atoms with E-state index in [0.29, 0.717) is 16.8 Å². The Labute approximate surface area is 152 Å². The van der Waals surface area contributed by atoms with Crippen molar-refractivity contribution < 1.29 is 4.39 Å². The molecule has 1 heterocycles. The third kappa shape index (κ3) is 4.42. The molecule has 1 aliphatic rings. The highest BCUT2D eigenvalue weighted by molar-refractivity contribution is 7.99. The molecule has 0 bridgehead atoms. The Balaban J connectivity index is 1.81. The molecule has 0 radical (unpaired) electrons. The van der Waals surface area contributed by atoms with Gasteiger partial charge >= 0.3 is 0 Å². The average molecular weight is 361 g/mol. The first-order valence-electron chi connectivity index (χ1n) is 8.80. The molecule has 25 heavy (non-hydrogen) atoms. The van der Waals surface area contributed by atoms with Gasteiger partial charge in [0.1, 0.15) is 11.6 Å². The molecule has 1 fully saturated rings. The number of nitrogens with one attached hydrogen (secondary N) is 2. The van der Waals surface area contributed by atoms with Crippen molar-refractivity contribution in [2.75, 3.05) is 11.1 Å². The number of halogens is 1. The van der Waals surface area contributed by atoms with E-state index < -0.39 is 0 Å². The largest absolute Gasteiger partial charge is 0.361 e. The van der Waals surface area contributed by atoms with Gasteiger partial charge in [0.25, 0.3) is 0 Å². The van der Waals surface area contributed by atoms with Gasteiger partial charge in [-0.05, 0) is 55.2 Å². The quantitative estimate of drug-likeness (QED) is 0.588. The monoisotopic (exact) mass is 360 g/mol. The number of thioether (sulfide) groups is 1. The van der Waals surface area contributed by atoms with Crippen LogP contribution < -0.4 is 5.32 Å². The lowest BCUT2D eigenvalue weighted by atomic mass is 10.1. The van der Waals surface area contributed by atoms with Gasteiger partial charge in [-0.1, -0.05) is 20.4 Å². The first kappa shape index (κ1) is 18.0. The molecule has 3 rings (SSSR count). The van der Waals surface area contributed by atoms with E-state index in [-0.39, 0.29) is 5.82 Å². The lowest BCUT2D eigenvalue weighted by Crippen LogP contribution is -1.98. The van der Waals surface area contributed by atoms with Crippen molar-refractivity contribution in [1.82, 2.24) is 15.2 Å². The number of aromatic amines is 1. The van der Waals surface area contributed by atoms with Crippen LogP contribution >= 0.6 is 11.8 Å². The van der Waals surface area contributed by atoms with Crippen molar-refractivity contribution in [3.8, 4) is 11.4 Å². The maximum absolute atomic E-state index is 14.7. The van der Waals surface area contributed by atoms with Crippen molar-refractivity contribution >= 4 is 17.4 Å². The maximum atomic E-state index is 14.7. The normalized spacial score (nSPS) is 15.2. The van der Waals surface area contributed by atoms with E-state index in [1.54, 1.807) is 30.1 Å². The number of benzene rings is 1. The zero-order valence-corrected chi connectivity index (χ0v) is 15.7. The molecular formula is C19H25FN4S. The minimum absolute atomic E-state index is 0.295. The summed E-state index contributed by atoms with van der Waals surface area (Å²) >= 11 is 1.69. The summed E-state index contributed by atoms with van der Waals surface area (Å²) in [6.45, 7) is 8.12. The van der Waals surface area contributed by atoms with E-state index in [1.807, 2.05) is 0 Å². The zero-order chi connectivity index (χ0) is 17.9. The molecule has 2 N–H and O–H groups in total. The third-order valence-corrected chi connectivity index (χ3v) is 5.71. The third-order valence-electron chi connectivity index (χ3n) is 4.65. The molecule has 0 unspecified atom stereocenters. The van der Waals surface area contributed by atoms with Crippen LogP contribution in [0.1, 0.15) is 45.4 Å². The SMILES string of the molecule is C=CNc1cc(-c2n[nH]c(CCC)n2)c(F)cc1SCCC1(C)CC1. The molecule has 0 atom stereocenters. The van der Waals surface area contributed by atoms with E-state index in [2.05, 4.69) is 40.9 Å². The van der Waals surface area contributed by atoms with Crippen LogP contribution in [0.5, 0.6) is 0 Å². The summed E-state index contributed by atoms with van der Waals surface area (Å²) in [6.07, 6.45) is 7.17. The Hall–Kier alpha value is -1.82. The van der Waals surface area contributed by atoms with Gasteiger partial charge in [0.2, 0.25) is 0 Å². The predicted octanol–water partition coefficient (Wildman–Crippen LogP) is 5.40. The molecule has 0 aliphatic heterocycles. The lowest BCUT2D eigenvalue weighted by molar-refractivity contribution is 0.556. The Bertz CT molecular complexity index is 752. The fourth-order valence-electron chi connectivity index (χ4n) is 2.70. The summed E-state index contributed by atoms with van der Waals surface area (Å²) in [5, 5.41) is 10.2. The Morgan fingerprint density at radius 1 is 1.44 bits per heavy atom. The van der Waals surface area contributed by atoms with E-state index in [1.165, 1.54) is 12.8 Å². The highest BCUT2D eigenvalue weighted by atomic mass is 32.2. The standard InChI is InChI=1S/C19H25FN4S/c1-4-6-17-22-18(24-23-17)13-11-15(21-5-2)16(12-14(13)20)25-10-9-19(3)7-8-19/h5,11-12,21H,2,4,6-10H2,1,3H3,(H,22,23,24). The van der Waals surface area contributed by atoms with Crippen LogP contribution in [0.15, 0.2) is 29.8 Å². The minimum atomic E-state index is -0.295. The number of aryl methyl sites for hydroxylation is 1. The van der Waals surface area contributed by atoms with Crippen LogP contribution in [-0.4, -0.2) is 20.9 Å². The molecular weight excluding hydrogens is 335 g/mol. The van der Waals surface area contributed by atoms with Crippen molar-refractivity contribution in [3.05, 3.63) is 36.6 Å². The topological polar surface area (TPSA) is 53.6 Å². The van der Waals surface area contributed by atoms with Crippen molar-refractivity contribution in [2.45, 2.75) is 50.8 Å². The summed E-state index contributed by atoms with van der Waals surface area (Å²) in [5.74, 6) is 1.88. The van der Waals surface area contributed by atoms with Crippen LogP contribution in [-0.2, 0) is 6.42 Å². The number of rotatable bonds is 9. The number of nitrogens with zero attached hydrogens (tertiary/aromatic N) is 2. The van der Waals surface area contributed by atoms with E-state index in [9.17, 15) is 4.39 Å². The van der Waals surface area contributed by atoms with Gasteiger partial charge in [-0.15, -0.1) is 11.8 Å². The second kappa shape index (κ2) is 7.60. The Morgan fingerprint density at radius 2 is 2.24 bits per heavy atom. The molecule has 4 nitrogen and oxygen atoms in total. The van der Waals surface area contributed by atoms with Crippen LogP contribution in [0.3, 0.4) is 0 Å². The summed E-state index contributed by atoms with van der Waals surface area (Å²) < 4.78 is 14.7. The molecule has 2 aromatic rings. The Morgan fingerprint density at radius 3 is 2.92 bits per heavy atom. The molecule has 1 aliphatic carbocycles. The summed E-state index contributed by atoms with van der Waals surface area (Å²) in [4.78, 5) is 5.30. The summed E-state index contributed by atoms with van der Waals surface area (Å²) in [5.41, 5.74) is 1.76. The maximum Gasteiger partial charge on any atom is 0.184 e. The van der Waals surface area contributed by atoms with Gasteiger partial charge in [-0.3, -0.25) is 5.10 Å². The molecule has 6 heteroatoms. The molecule has 0 spiro atoms. The highest BCUT2D eigenvalue weighted by Crippen LogP contribution is 2.49. The van der Waals surface area contributed by atoms with Gasteiger partial charge in [0, 0.05) is 11.3 Å². The van der Waals surface area contributed by atoms with Crippen molar-refractivity contribution in [2.24, 2.45) is 5.41 Å². The van der Waals surface area contributed by atoms with Crippen LogP contribution in [0.25, 0.3) is 11.4 Å². The number of hydrogen-bond acceptors (Lipinski definition) is 4. The fourth-order valence-corrected chi connectivity index (χ4v) is 3.98. The first-order valence-corrected chi connectivity index (χ1v) is 9.78. The van der Waals surface area contributed by atoms with E-state index >= 15 is 0 Å². The fraction of sp³-hybridized carbons (Fsp3) is 0.474. The highest BCUT2D eigenvalue weighted by Gasteiger charge is 2.36. The number of hydrogen-bond donors (Lipinski definition) is 2. The minimum Gasteiger partial charge on any atom is -0.361 e. The van der Waals surface area contributed by atoms with Gasteiger partial charge in [-0.2, -0.15) is 5.10 Å². The average Bonchev–Trinajstić information content (AvgIpc) is 3.13. The van der Waals surface area contributed by atoms with Gasteiger partial charge in [0.05, 0.1) is 11.3 Å². The number of aromatic nitrogens is 3. The second-order valence-electron chi connectivity index (χ2n) is 6.94. The van der Waals surface area contributed by atoms with E-state index in [0.717, 1.165) is 41.4 Å². The predicted molar refractivity (Wildman–Crippen MR) is 102 cm³/mol. The van der Waals surface area contributed by atoms with Gasteiger partial charge in [0.15, 0.2) is 5.82 Å². The van der Waals surface area contributed by atoms with Crippen LogP contribution in [0.4, 0.5) is 10.1 Å². The van der Waals surface area contributed by atoms with Gasteiger partial charge < -0.3 is 5.32 Å². The first-order chi connectivity index (χ1) is 12.0. The molecule has 0 saturated heterocycles. The molecule has 1 aromatic carbocycles. The van der Waals surface area contributed by atoms with Crippen molar-refractivity contribution in [3.63, 3.8) is 0 Å². The van der Waals surface area contributed by atoms with Gasteiger partial charge in [-0.25, -0.2) is 9.37 Å². The Kier molecular flexibility index (Phi) is 5.47. The van der Waals surface area contributed by atoms with Crippen LogP contribution in [0.2, 0.25) is 0 Å².